The molecule has 2 aromatic carbocycles. The van der Waals surface area contributed by atoms with Crippen molar-refractivity contribution in [2.75, 3.05) is 6.61 Å². The van der Waals surface area contributed by atoms with Gasteiger partial charge in [0.05, 0.1) is 12.2 Å². The molecule has 0 unspecified atom stereocenters. The van der Waals surface area contributed by atoms with E-state index < -0.39 is 11.6 Å². The van der Waals surface area contributed by atoms with Crippen molar-refractivity contribution in [1.82, 2.24) is 0 Å². The summed E-state index contributed by atoms with van der Waals surface area (Å²) in [6.07, 6.45) is 0.763. The zero-order chi connectivity index (χ0) is 15.2. The number of hydrogen-bond acceptors (Lipinski definition) is 2. The van der Waals surface area contributed by atoms with E-state index in [1.807, 2.05) is 6.92 Å². The molecule has 0 amide bonds. The first-order valence-electron chi connectivity index (χ1n) is 6.80. The number of ketones is 1. The zero-order valence-electron chi connectivity index (χ0n) is 11.7. The van der Waals surface area contributed by atoms with Crippen LogP contribution in [0.25, 0.3) is 0 Å². The second-order valence-electron chi connectivity index (χ2n) is 4.72. The minimum absolute atomic E-state index is 0.0683. The molecule has 0 saturated heterocycles. The summed E-state index contributed by atoms with van der Waals surface area (Å²) < 4.78 is 31.8. The van der Waals surface area contributed by atoms with Crippen LogP contribution in [0.15, 0.2) is 42.5 Å². The van der Waals surface area contributed by atoms with Crippen LogP contribution in [-0.4, -0.2) is 12.4 Å². The van der Waals surface area contributed by atoms with Crippen molar-refractivity contribution in [2.45, 2.75) is 19.8 Å². The lowest BCUT2D eigenvalue weighted by molar-refractivity contribution is 0.0989. The predicted octanol–water partition coefficient (Wildman–Crippen LogP) is 4.18. The van der Waals surface area contributed by atoms with E-state index in [1.54, 1.807) is 24.3 Å². The summed E-state index contributed by atoms with van der Waals surface area (Å²) in [6, 6.07) is 10.00. The highest BCUT2D eigenvalue weighted by Gasteiger charge is 2.13. The lowest BCUT2D eigenvalue weighted by Crippen LogP contribution is -2.08. The summed E-state index contributed by atoms with van der Waals surface area (Å²) in [5, 5.41) is 0. The highest BCUT2D eigenvalue weighted by molar-refractivity contribution is 5.99. The molecule has 21 heavy (non-hydrogen) atoms. The molecule has 0 aliphatic rings. The number of benzene rings is 2. The van der Waals surface area contributed by atoms with Gasteiger partial charge in [0.15, 0.2) is 5.78 Å². The van der Waals surface area contributed by atoms with Crippen molar-refractivity contribution in [2.24, 2.45) is 0 Å². The van der Waals surface area contributed by atoms with Crippen molar-refractivity contribution >= 4 is 5.78 Å². The Balaban J connectivity index is 2.20. The van der Waals surface area contributed by atoms with Crippen LogP contribution in [0.1, 0.15) is 29.3 Å². The fourth-order valence-corrected chi connectivity index (χ4v) is 2.03. The normalized spacial score (nSPS) is 10.4. The molecular weight excluding hydrogens is 274 g/mol. The molecule has 4 heteroatoms. The van der Waals surface area contributed by atoms with Crippen LogP contribution in [0.2, 0.25) is 0 Å². The Morgan fingerprint density at radius 3 is 2.43 bits per heavy atom. The summed E-state index contributed by atoms with van der Waals surface area (Å²) >= 11 is 0. The van der Waals surface area contributed by atoms with E-state index >= 15 is 0 Å². The monoisotopic (exact) mass is 290 g/mol. The number of Topliss-reactive ketones (excluding diaryl/α,β-unsaturated/α-hetero) is 1. The number of rotatable bonds is 6. The average molecular weight is 290 g/mol. The number of carbonyl (C=O) groups excluding carboxylic acids is 1. The van der Waals surface area contributed by atoms with E-state index in [2.05, 4.69) is 0 Å². The van der Waals surface area contributed by atoms with Crippen LogP contribution < -0.4 is 4.74 Å². The Kier molecular flexibility index (Phi) is 5.04. The molecule has 0 atom stereocenters. The number of halogens is 2. The van der Waals surface area contributed by atoms with Crippen molar-refractivity contribution in [3.8, 4) is 5.75 Å². The predicted molar refractivity (Wildman–Crippen MR) is 76.6 cm³/mol. The maximum atomic E-state index is 13.2. The number of para-hydroxylation sites is 1. The minimum atomic E-state index is -0.687. The molecule has 0 saturated carbocycles. The molecular formula is C17H16F2O2. The summed E-state index contributed by atoms with van der Waals surface area (Å²) in [7, 11) is 0. The number of hydrogen-bond donors (Lipinski definition) is 0. The van der Waals surface area contributed by atoms with Gasteiger partial charge in [-0.15, -0.1) is 0 Å². The van der Waals surface area contributed by atoms with Gasteiger partial charge in [0, 0.05) is 12.5 Å². The Morgan fingerprint density at radius 2 is 1.76 bits per heavy atom. The molecule has 2 nitrogen and oxygen atoms in total. The van der Waals surface area contributed by atoms with Gasteiger partial charge in [0.1, 0.15) is 17.4 Å². The fraction of sp³-hybridized carbons (Fsp3) is 0.235. The first kappa shape index (κ1) is 15.2. The highest BCUT2D eigenvalue weighted by atomic mass is 19.1. The van der Waals surface area contributed by atoms with Crippen LogP contribution >= 0.6 is 0 Å². The second kappa shape index (κ2) is 6.97. The molecule has 0 N–H and O–H groups in total. The third-order valence-electron chi connectivity index (χ3n) is 2.94. The third kappa shape index (κ3) is 4.12. The number of carbonyl (C=O) groups is 1. The van der Waals surface area contributed by atoms with E-state index in [0.29, 0.717) is 23.5 Å². The van der Waals surface area contributed by atoms with Gasteiger partial charge in [-0.25, -0.2) is 8.78 Å². The number of ether oxygens (including phenoxy) is 1. The highest BCUT2D eigenvalue weighted by Crippen LogP contribution is 2.21. The van der Waals surface area contributed by atoms with E-state index in [9.17, 15) is 13.6 Å². The van der Waals surface area contributed by atoms with Gasteiger partial charge < -0.3 is 4.74 Å². The van der Waals surface area contributed by atoms with Crippen LogP contribution in [0.4, 0.5) is 8.78 Å². The first-order valence-corrected chi connectivity index (χ1v) is 6.80. The average Bonchev–Trinajstić information content (AvgIpc) is 2.44. The molecule has 0 heterocycles. The van der Waals surface area contributed by atoms with Gasteiger partial charge in [0.2, 0.25) is 0 Å². The van der Waals surface area contributed by atoms with Gasteiger partial charge in [-0.05, 0) is 36.2 Å². The Morgan fingerprint density at radius 1 is 1.10 bits per heavy atom. The lowest BCUT2D eigenvalue weighted by Gasteiger charge is -2.10. The Labute approximate surface area is 122 Å². The molecule has 2 rings (SSSR count). The van der Waals surface area contributed by atoms with Gasteiger partial charge in [0.25, 0.3) is 0 Å². The first-order chi connectivity index (χ1) is 10.1. The maximum absolute atomic E-state index is 13.2. The van der Waals surface area contributed by atoms with Gasteiger partial charge >= 0.3 is 0 Å². The van der Waals surface area contributed by atoms with Crippen molar-refractivity contribution in [3.63, 3.8) is 0 Å². The van der Waals surface area contributed by atoms with E-state index in [4.69, 9.17) is 4.74 Å². The molecule has 0 spiro atoms. The van der Waals surface area contributed by atoms with Crippen LogP contribution in [-0.2, 0) is 6.42 Å². The largest absolute Gasteiger partial charge is 0.493 e. The van der Waals surface area contributed by atoms with Gasteiger partial charge in [-0.3, -0.25) is 4.79 Å². The van der Waals surface area contributed by atoms with Crippen molar-refractivity contribution in [3.05, 3.63) is 65.2 Å². The molecule has 0 radical (unpaired) electrons. The molecule has 0 aromatic heterocycles. The lowest BCUT2D eigenvalue weighted by atomic mass is 10.0. The standard InChI is InChI=1S/C17H16F2O2/c1-2-7-21-17-6-4-3-5-15(17)16(20)10-12-8-13(18)11-14(19)9-12/h3-6,8-9,11H,2,7,10H2,1H3. The Hall–Kier alpha value is -2.23. The van der Waals surface area contributed by atoms with Gasteiger partial charge in [-0.1, -0.05) is 19.1 Å². The molecule has 0 fully saturated rings. The quantitative estimate of drug-likeness (QED) is 0.746. The second-order valence-corrected chi connectivity index (χ2v) is 4.72. The third-order valence-corrected chi connectivity index (χ3v) is 2.94. The van der Waals surface area contributed by atoms with Crippen LogP contribution in [0.5, 0.6) is 5.75 Å². The van der Waals surface area contributed by atoms with E-state index in [1.165, 1.54) is 0 Å². The summed E-state index contributed by atoms with van der Waals surface area (Å²) in [4.78, 5) is 12.3. The summed E-state index contributed by atoms with van der Waals surface area (Å²) in [5.41, 5.74) is 0.735. The van der Waals surface area contributed by atoms with Gasteiger partial charge in [-0.2, -0.15) is 0 Å². The summed E-state index contributed by atoms with van der Waals surface area (Å²) in [6.45, 7) is 2.48. The molecule has 0 aliphatic carbocycles. The SMILES string of the molecule is CCCOc1ccccc1C(=O)Cc1cc(F)cc(F)c1. The minimum Gasteiger partial charge on any atom is -0.493 e. The molecule has 2 aromatic rings. The van der Waals surface area contributed by atoms with Crippen molar-refractivity contribution < 1.29 is 18.3 Å². The Bertz CT molecular complexity index is 618. The topological polar surface area (TPSA) is 26.3 Å². The van der Waals surface area contributed by atoms with E-state index in [0.717, 1.165) is 24.6 Å². The molecule has 0 bridgehead atoms. The van der Waals surface area contributed by atoms with Crippen LogP contribution in [0, 0.1) is 11.6 Å². The van der Waals surface area contributed by atoms with Crippen molar-refractivity contribution in [1.29, 1.82) is 0 Å². The van der Waals surface area contributed by atoms with E-state index in [-0.39, 0.29) is 12.2 Å². The smallest absolute Gasteiger partial charge is 0.170 e. The fourth-order valence-electron chi connectivity index (χ4n) is 2.03. The zero-order valence-corrected chi connectivity index (χ0v) is 11.7. The maximum Gasteiger partial charge on any atom is 0.170 e. The molecule has 110 valence electrons. The summed E-state index contributed by atoms with van der Waals surface area (Å²) in [5.74, 6) is -1.10. The van der Waals surface area contributed by atoms with Crippen LogP contribution in [0.3, 0.4) is 0 Å². The molecule has 0 aliphatic heterocycles.